The van der Waals surface area contributed by atoms with Crippen LogP contribution in [0.25, 0.3) is 5.57 Å². The first-order valence-corrected chi connectivity index (χ1v) is 11.9. The number of esters is 1. The molecule has 1 atom stereocenters. The van der Waals surface area contributed by atoms with Crippen molar-refractivity contribution in [3.05, 3.63) is 161 Å². The van der Waals surface area contributed by atoms with Gasteiger partial charge in [-0.2, -0.15) is 0 Å². The van der Waals surface area contributed by atoms with Gasteiger partial charge in [-0.3, -0.25) is 0 Å². The third kappa shape index (κ3) is 4.71. The second kappa shape index (κ2) is 10.4. The van der Waals surface area contributed by atoms with E-state index in [1.165, 1.54) is 19.2 Å². The van der Waals surface area contributed by atoms with Crippen molar-refractivity contribution in [1.29, 1.82) is 0 Å². The molecule has 4 heteroatoms. The minimum Gasteiger partial charge on any atom is -0.466 e. The number of methoxy groups -OCH3 is 1. The van der Waals surface area contributed by atoms with Gasteiger partial charge in [0.25, 0.3) is 0 Å². The van der Waals surface area contributed by atoms with E-state index < -0.39 is 12.0 Å². The average molecular weight is 476 g/mol. The van der Waals surface area contributed by atoms with E-state index in [-0.39, 0.29) is 11.9 Å². The Morgan fingerprint density at radius 2 is 1.31 bits per heavy atom. The minimum atomic E-state index is -0.490. The summed E-state index contributed by atoms with van der Waals surface area (Å²) in [5.74, 6) is -0.747. The van der Waals surface area contributed by atoms with Gasteiger partial charge in [0.15, 0.2) is 0 Å². The van der Waals surface area contributed by atoms with Gasteiger partial charge < -0.3 is 9.64 Å². The van der Waals surface area contributed by atoms with Crippen molar-refractivity contribution in [2.45, 2.75) is 12.1 Å². The molecule has 3 nitrogen and oxygen atoms in total. The van der Waals surface area contributed by atoms with Gasteiger partial charge >= 0.3 is 5.97 Å². The standard InChI is InChI=1S/C32H26FNO2/c1-36-32(35)29-21-27(23-11-5-2-6-12-23)22-34(31(29)26-17-19-28(33)20-18-26)30(24-13-7-3-8-14-24)25-15-9-4-10-16-25/h2-22,30-31H,1H3. The molecule has 4 aromatic carbocycles. The van der Waals surface area contributed by atoms with Crippen LogP contribution in [-0.4, -0.2) is 18.0 Å². The lowest BCUT2D eigenvalue weighted by Gasteiger charge is -2.41. The predicted molar refractivity (Wildman–Crippen MR) is 140 cm³/mol. The molecule has 0 N–H and O–H groups in total. The fraction of sp³-hybridized carbons (Fsp3) is 0.0938. The highest BCUT2D eigenvalue weighted by atomic mass is 19.1. The molecule has 0 aromatic heterocycles. The summed E-state index contributed by atoms with van der Waals surface area (Å²) in [4.78, 5) is 15.4. The van der Waals surface area contributed by atoms with E-state index in [9.17, 15) is 9.18 Å². The van der Waals surface area contributed by atoms with Crippen LogP contribution < -0.4 is 0 Å². The van der Waals surface area contributed by atoms with Crippen molar-refractivity contribution in [3.63, 3.8) is 0 Å². The fourth-order valence-corrected chi connectivity index (χ4v) is 4.78. The van der Waals surface area contributed by atoms with E-state index in [1.54, 1.807) is 12.1 Å². The lowest BCUT2D eigenvalue weighted by atomic mass is 9.86. The second-order valence-corrected chi connectivity index (χ2v) is 8.67. The van der Waals surface area contributed by atoms with Crippen LogP contribution in [0.5, 0.6) is 0 Å². The van der Waals surface area contributed by atoms with Gasteiger partial charge in [-0.05, 0) is 46.0 Å². The van der Waals surface area contributed by atoms with Crippen LogP contribution >= 0.6 is 0 Å². The SMILES string of the molecule is COC(=O)C1=CC(c2ccccc2)=CN(C(c2ccccc2)c2ccccc2)C1c1ccc(F)cc1. The Labute approximate surface area is 210 Å². The molecule has 0 radical (unpaired) electrons. The van der Waals surface area contributed by atoms with Gasteiger partial charge in [-0.25, -0.2) is 9.18 Å². The largest absolute Gasteiger partial charge is 0.466 e. The highest BCUT2D eigenvalue weighted by Crippen LogP contribution is 2.44. The molecule has 1 unspecified atom stereocenters. The van der Waals surface area contributed by atoms with Gasteiger partial charge in [0.05, 0.1) is 24.8 Å². The molecule has 0 aliphatic carbocycles. The molecule has 36 heavy (non-hydrogen) atoms. The smallest absolute Gasteiger partial charge is 0.336 e. The van der Waals surface area contributed by atoms with E-state index in [0.29, 0.717) is 5.57 Å². The first kappa shape index (κ1) is 23.3. The Bertz CT molecular complexity index is 1340. The zero-order chi connectivity index (χ0) is 24.9. The molecule has 1 heterocycles. The summed E-state index contributed by atoms with van der Waals surface area (Å²) in [6.07, 6.45) is 3.99. The highest BCUT2D eigenvalue weighted by molar-refractivity contribution is 5.95. The van der Waals surface area contributed by atoms with Crippen LogP contribution in [0.1, 0.15) is 34.3 Å². The number of hydrogen-bond donors (Lipinski definition) is 0. The van der Waals surface area contributed by atoms with Crippen molar-refractivity contribution >= 4 is 11.5 Å². The van der Waals surface area contributed by atoms with Crippen molar-refractivity contribution in [2.24, 2.45) is 0 Å². The van der Waals surface area contributed by atoms with Crippen LogP contribution in [0.2, 0.25) is 0 Å². The normalized spacial score (nSPS) is 15.3. The highest BCUT2D eigenvalue weighted by Gasteiger charge is 2.36. The van der Waals surface area contributed by atoms with Gasteiger partial charge in [0.1, 0.15) is 5.82 Å². The number of ether oxygens (including phenoxy) is 1. The van der Waals surface area contributed by atoms with Crippen LogP contribution in [0.4, 0.5) is 4.39 Å². The lowest BCUT2D eigenvalue weighted by molar-refractivity contribution is -0.137. The quantitative estimate of drug-likeness (QED) is 0.278. The molecule has 0 bridgehead atoms. The van der Waals surface area contributed by atoms with E-state index in [4.69, 9.17) is 4.74 Å². The molecular formula is C32H26FNO2. The number of hydrogen-bond acceptors (Lipinski definition) is 3. The number of rotatable bonds is 6. The Balaban J connectivity index is 1.77. The van der Waals surface area contributed by atoms with E-state index in [0.717, 1.165) is 27.8 Å². The molecule has 5 rings (SSSR count). The van der Waals surface area contributed by atoms with Crippen molar-refractivity contribution in [1.82, 2.24) is 4.90 Å². The molecule has 0 amide bonds. The summed E-state index contributed by atoms with van der Waals surface area (Å²) in [7, 11) is 1.39. The molecule has 0 spiro atoms. The Kier molecular flexibility index (Phi) is 6.76. The molecule has 1 aliphatic rings. The predicted octanol–water partition coefficient (Wildman–Crippen LogP) is 7.11. The van der Waals surface area contributed by atoms with Crippen molar-refractivity contribution < 1.29 is 13.9 Å². The molecule has 1 aliphatic heterocycles. The molecule has 178 valence electrons. The first-order chi connectivity index (χ1) is 17.7. The Morgan fingerprint density at radius 3 is 1.83 bits per heavy atom. The minimum absolute atomic E-state index is 0.213. The average Bonchev–Trinajstić information content (AvgIpc) is 2.94. The molecule has 0 saturated carbocycles. The van der Waals surface area contributed by atoms with E-state index in [1.807, 2.05) is 72.8 Å². The monoisotopic (exact) mass is 475 g/mol. The summed E-state index contributed by atoms with van der Waals surface area (Å²) in [5.41, 5.74) is 5.32. The van der Waals surface area contributed by atoms with Gasteiger partial charge in [0.2, 0.25) is 0 Å². The van der Waals surface area contributed by atoms with Gasteiger partial charge in [-0.15, -0.1) is 0 Å². The maximum Gasteiger partial charge on any atom is 0.336 e. The summed E-state index contributed by atoms with van der Waals surface area (Å²) >= 11 is 0. The number of carbonyl (C=O) groups is 1. The van der Waals surface area contributed by atoms with E-state index >= 15 is 0 Å². The van der Waals surface area contributed by atoms with Gasteiger partial charge in [0, 0.05) is 6.20 Å². The summed E-state index contributed by atoms with van der Waals surface area (Å²) < 4.78 is 19.2. The number of allylic oxidation sites excluding steroid dienone is 2. The maximum atomic E-state index is 13.9. The van der Waals surface area contributed by atoms with Crippen LogP contribution in [0.15, 0.2) is 133 Å². The number of benzene rings is 4. The number of halogens is 1. The van der Waals surface area contributed by atoms with Crippen LogP contribution in [0, 0.1) is 5.82 Å². The van der Waals surface area contributed by atoms with Crippen LogP contribution in [0.3, 0.4) is 0 Å². The maximum absolute atomic E-state index is 13.9. The third-order valence-electron chi connectivity index (χ3n) is 6.43. The summed E-state index contributed by atoms with van der Waals surface area (Å²) in [6, 6.07) is 36.0. The number of carbonyl (C=O) groups excluding carboxylic acids is 1. The summed E-state index contributed by atoms with van der Waals surface area (Å²) in [6.45, 7) is 0. The molecule has 0 fully saturated rings. The first-order valence-electron chi connectivity index (χ1n) is 11.9. The fourth-order valence-electron chi connectivity index (χ4n) is 4.78. The Morgan fingerprint density at radius 1 is 0.778 bits per heavy atom. The molecule has 0 saturated heterocycles. The lowest BCUT2D eigenvalue weighted by Crippen LogP contribution is -2.35. The van der Waals surface area contributed by atoms with Gasteiger partial charge in [-0.1, -0.05) is 103 Å². The molecule has 4 aromatic rings. The molecular weight excluding hydrogens is 449 g/mol. The Hall–Kier alpha value is -4.44. The van der Waals surface area contributed by atoms with E-state index in [2.05, 4.69) is 35.4 Å². The number of nitrogens with zero attached hydrogens (tertiary/aromatic N) is 1. The third-order valence-corrected chi connectivity index (χ3v) is 6.43. The van der Waals surface area contributed by atoms with Crippen LogP contribution in [-0.2, 0) is 9.53 Å². The van der Waals surface area contributed by atoms with Crippen molar-refractivity contribution in [3.8, 4) is 0 Å². The second-order valence-electron chi connectivity index (χ2n) is 8.67. The zero-order valence-electron chi connectivity index (χ0n) is 19.9. The zero-order valence-corrected chi connectivity index (χ0v) is 19.9. The topological polar surface area (TPSA) is 29.5 Å². The summed E-state index contributed by atoms with van der Waals surface area (Å²) in [5, 5.41) is 0. The van der Waals surface area contributed by atoms with Crippen molar-refractivity contribution in [2.75, 3.05) is 7.11 Å².